The minimum Gasteiger partial charge on any atom is -0.469 e. The number of thioether (sulfide) groups is 2. The summed E-state index contributed by atoms with van der Waals surface area (Å²) in [4.78, 5) is 0.672. The average Bonchev–Trinajstić information content (AvgIpc) is 3.18. The van der Waals surface area contributed by atoms with E-state index in [2.05, 4.69) is 13.2 Å². The van der Waals surface area contributed by atoms with Gasteiger partial charge in [-0.2, -0.15) is 0 Å². The number of benzene rings is 1. The summed E-state index contributed by atoms with van der Waals surface area (Å²) < 4.78 is 32.0. The SMILES string of the molecule is C=C(/C=C(\SC)Sc1ccc(C(=C)OC(N)C(F)F)s1)c1ccccc1.CC. The maximum atomic E-state index is 12.5. The van der Waals surface area contributed by atoms with Crippen molar-refractivity contribution in [2.24, 2.45) is 5.73 Å². The van der Waals surface area contributed by atoms with E-state index in [1.807, 2.05) is 62.6 Å². The summed E-state index contributed by atoms with van der Waals surface area (Å²) in [6, 6.07) is 13.6. The zero-order valence-electron chi connectivity index (χ0n) is 16.2. The van der Waals surface area contributed by atoms with Gasteiger partial charge in [-0.25, -0.2) is 8.78 Å². The summed E-state index contributed by atoms with van der Waals surface area (Å²) in [5.41, 5.74) is 7.21. The van der Waals surface area contributed by atoms with Crippen LogP contribution in [0.4, 0.5) is 8.78 Å². The molecule has 0 aliphatic carbocycles. The number of allylic oxidation sites excluding steroid dienone is 2. The van der Waals surface area contributed by atoms with Crippen LogP contribution in [0.2, 0.25) is 0 Å². The maximum Gasteiger partial charge on any atom is 0.288 e. The highest BCUT2D eigenvalue weighted by molar-refractivity contribution is 8.22. The Bertz CT molecular complexity index is 788. The molecule has 1 aromatic heterocycles. The van der Waals surface area contributed by atoms with Crippen molar-refractivity contribution in [2.45, 2.75) is 30.7 Å². The number of ether oxygens (including phenoxy) is 1. The highest BCUT2D eigenvalue weighted by Gasteiger charge is 2.18. The van der Waals surface area contributed by atoms with Crippen LogP contribution in [0, 0.1) is 0 Å². The number of thiophene rings is 1. The fourth-order valence-corrected chi connectivity index (χ4v) is 4.82. The smallest absolute Gasteiger partial charge is 0.288 e. The number of hydrogen-bond donors (Lipinski definition) is 1. The molecule has 2 nitrogen and oxygen atoms in total. The fraction of sp³-hybridized carbons (Fsp3) is 0.238. The Morgan fingerprint density at radius 3 is 2.36 bits per heavy atom. The molecule has 1 heterocycles. The first-order valence-corrected chi connectivity index (χ1v) is 11.4. The Kier molecular flexibility index (Phi) is 11.2. The lowest BCUT2D eigenvalue weighted by atomic mass is 10.1. The number of halogens is 2. The van der Waals surface area contributed by atoms with Crippen molar-refractivity contribution >= 4 is 46.2 Å². The van der Waals surface area contributed by atoms with Crippen LogP contribution in [0.5, 0.6) is 0 Å². The van der Waals surface area contributed by atoms with Crippen molar-refractivity contribution in [1.29, 1.82) is 0 Å². The van der Waals surface area contributed by atoms with Crippen LogP contribution in [-0.2, 0) is 4.74 Å². The molecule has 7 heteroatoms. The summed E-state index contributed by atoms with van der Waals surface area (Å²) in [5, 5.41) is 0. The van der Waals surface area contributed by atoms with Gasteiger partial charge in [-0.3, -0.25) is 5.73 Å². The maximum absolute atomic E-state index is 12.5. The van der Waals surface area contributed by atoms with Gasteiger partial charge in [0.1, 0.15) is 5.76 Å². The molecule has 0 saturated carbocycles. The van der Waals surface area contributed by atoms with E-state index >= 15 is 0 Å². The van der Waals surface area contributed by atoms with Gasteiger partial charge < -0.3 is 4.74 Å². The van der Waals surface area contributed by atoms with E-state index < -0.39 is 12.7 Å². The second-order valence-corrected chi connectivity index (χ2v) is 8.65. The Morgan fingerprint density at radius 2 is 1.79 bits per heavy atom. The molecule has 0 saturated heterocycles. The van der Waals surface area contributed by atoms with Gasteiger partial charge in [0.15, 0.2) is 0 Å². The third-order valence-electron chi connectivity index (χ3n) is 3.22. The third-order valence-corrected chi connectivity index (χ3v) is 6.57. The molecule has 1 aromatic carbocycles. The van der Waals surface area contributed by atoms with Gasteiger partial charge in [0.2, 0.25) is 6.23 Å². The molecular weight excluding hydrogens is 416 g/mol. The number of nitrogens with two attached hydrogens (primary N) is 1. The van der Waals surface area contributed by atoms with E-state index in [-0.39, 0.29) is 5.76 Å². The van der Waals surface area contributed by atoms with Crippen molar-refractivity contribution < 1.29 is 13.5 Å². The highest BCUT2D eigenvalue weighted by Crippen LogP contribution is 2.40. The second kappa shape index (κ2) is 12.8. The van der Waals surface area contributed by atoms with Crippen LogP contribution in [0.1, 0.15) is 24.3 Å². The average molecular weight is 442 g/mol. The van der Waals surface area contributed by atoms with Crippen molar-refractivity contribution in [3.05, 3.63) is 76.4 Å². The van der Waals surface area contributed by atoms with E-state index in [9.17, 15) is 8.78 Å². The Hall–Kier alpha value is -1.54. The van der Waals surface area contributed by atoms with Crippen LogP contribution >= 0.6 is 34.9 Å². The zero-order chi connectivity index (χ0) is 21.1. The largest absolute Gasteiger partial charge is 0.469 e. The van der Waals surface area contributed by atoms with Crippen molar-refractivity contribution in [3.63, 3.8) is 0 Å². The molecule has 0 radical (unpaired) electrons. The van der Waals surface area contributed by atoms with Crippen molar-refractivity contribution in [2.75, 3.05) is 6.26 Å². The van der Waals surface area contributed by atoms with Crippen LogP contribution in [-0.4, -0.2) is 18.9 Å². The minimum absolute atomic E-state index is 0.151. The number of hydrogen-bond acceptors (Lipinski definition) is 5. The lowest BCUT2D eigenvalue weighted by Gasteiger charge is -2.14. The molecule has 2 aromatic rings. The summed E-state index contributed by atoms with van der Waals surface area (Å²) in [7, 11) is 0. The van der Waals surface area contributed by atoms with Gasteiger partial charge >= 0.3 is 0 Å². The first-order chi connectivity index (χ1) is 13.4. The van der Waals surface area contributed by atoms with Crippen molar-refractivity contribution in [1.82, 2.24) is 0 Å². The van der Waals surface area contributed by atoms with Crippen LogP contribution in [0.25, 0.3) is 11.3 Å². The number of alkyl halides is 2. The molecule has 0 spiro atoms. The Morgan fingerprint density at radius 1 is 1.14 bits per heavy atom. The summed E-state index contributed by atoms with van der Waals surface area (Å²) in [6.07, 6.45) is -0.399. The standard InChI is InChI=1S/C19H19F2NOS3.C2H6/c1-12(14-7-5-4-6-8-14)11-17(24-3)26-16-10-9-15(25-16)13(2)23-19(22)18(20)21;1-2/h4-11,18-19H,1-2,22H2,3H3;1-2H3/b17-11+;. The predicted molar refractivity (Wildman–Crippen MR) is 123 cm³/mol. The zero-order valence-corrected chi connectivity index (χ0v) is 18.6. The molecule has 152 valence electrons. The van der Waals surface area contributed by atoms with E-state index in [1.54, 1.807) is 29.6 Å². The lowest BCUT2D eigenvalue weighted by Crippen LogP contribution is -2.30. The first-order valence-electron chi connectivity index (χ1n) is 8.58. The van der Waals surface area contributed by atoms with Gasteiger partial charge in [-0.15, -0.1) is 23.1 Å². The van der Waals surface area contributed by atoms with Crippen LogP contribution in [0.15, 0.2) is 70.1 Å². The topological polar surface area (TPSA) is 35.2 Å². The van der Waals surface area contributed by atoms with Gasteiger partial charge in [0, 0.05) is 4.24 Å². The molecule has 2 N–H and O–H groups in total. The van der Waals surface area contributed by atoms with E-state index in [1.165, 1.54) is 11.3 Å². The molecule has 0 aliphatic rings. The normalized spacial score (nSPS) is 12.2. The third kappa shape index (κ3) is 7.83. The molecule has 0 amide bonds. The van der Waals surface area contributed by atoms with Gasteiger partial charge in [-0.1, -0.05) is 69.1 Å². The highest BCUT2D eigenvalue weighted by atomic mass is 32.2. The lowest BCUT2D eigenvalue weighted by molar-refractivity contribution is 0.000350. The summed E-state index contributed by atoms with van der Waals surface area (Å²) in [6.45, 7) is 11.8. The van der Waals surface area contributed by atoms with E-state index in [4.69, 9.17) is 10.5 Å². The Labute approximate surface area is 178 Å². The minimum atomic E-state index is -2.75. The van der Waals surface area contributed by atoms with Crippen LogP contribution < -0.4 is 5.73 Å². The van der Waals surface area contributed by atoms with Crippen LogP contribution in [0.3, 0.4) is 0 Å². The summed E-state index contributed by atoms with van der Waals surface area (Å²) in [5.74, 6) is 0.151. The molecule has 1 atom stereocenters. The first kappa shape index (κ1) is 24.5. The molecule has 2 rings (SSSR count). The Balaban J connectivity index is 0.00000190. The molecular formula is C21H25F2NOS3. The van der Waals surface area contributed by atoms with Gasteiger partial charge in [-0.05, 0) is 35.6 Å². The second-order valence-electron chi connectivity index (χ2n) is 5.12. The van der Waals surface area contributed by atoms with Gasteiger partial charge in [0.05, 0.1) is 9.09 Å². The molecule has 1 unspecified atom stereocenters. The quantitative estimate of drug-likeness (QED) is 0.191. The summed E-state index contributed by atoms with van der Waals surface area (Å²) >= 11 is 4.61. The fourth-order valence-electron chi connectivity index (χ4n) is 1.91. The van der Waals surface area contributed by atoms with E-state index in [0.29, 0.717) is 4.88 Å². The molecule has 0 bridgehead atoms. The van der Waals surface area contributed by atoms with E-state index in [0.717, 1.165) is 19.6 Å². The number of rotatable bonds is 9. The molecule has 28 heavy (non-hydrogen) atoms. The van der Waals surface area contributed by atoms with Crippen molar-refractivity contribution in [3.8, 4) is 0 Å². The van der Waals surface area contributed by atoms with Gasteiger partial charge in [0.25, 0.3) is 6.43 Å². The predicted octanol–water partition coefficient (Wildman–Crippen LogP) is 7.32. The molecule has 0 aliphatic heterocycles. The monoisotopic (exact) mass is 441 g/mol. The molecule has 0 fully saturated rings.